The summed E-state index contributed by atoms with van der Waals surface area (Å²) in [6.45, 7) is 5.68. The maximum absolute atomic E-state index is 12.9. The van der Waals surface area contributed by atoms with Crippen molar-refractivity contribution in [1.82, 2.24) is 9.55 Å². The molecule has 3 rings (SSSR count). The van der Waals surface area contributed by atoms with Crippen LogP contribution in [0.25, 0.3) is 5.69 Å². The summed E-state index contributed by atoms with van der Waals surface area (Å²) in [4.78, 5) is 17.8. The van der Waals surface area contributed by atoms with E-state index in [4.69, 9.17) is 11.6 Å². The lowest BCUT2D eigenvalue weighted by Crippen LogP contribution is -2.17. The number of hydrogen-bond acceptors (Lipinski definition) is 6. The second kappa shape index (κ2) is 9.72. The average molecular weight is 486 g/mol. The quantitative estimate of drug-likeness (QED) is 0.263. The highest BCUT2D eigenvalue weighted by Crippen LogP contribution is 2.38. The minimum absolute atomic E-state index is 0.0724. The Morgan fingerprint density at radius 3 is 2.50 bits per heavy atom. The minimum Gasteiger partial charge on any atom is -0.261 e. The van der Waals surface area contributed by atoms with Gasteiger partial charge in [0.25, 0.3) is 10.0 Å². The summed E-state index contributed by atoms with van der Waals surface area (Å²) in [6, 6.07) is 6.55. The third-order valence-corrected chi connectivity index (χ3v) is 8.86. The van der Waals surface area contributed by atoms with Gasteiger partial charge in [-0.1, -0.05) is 24.1 Å². The first-order valence-corrected chi connectivity index (χ1v) is 13.4. The van der Waals surface area contributed by atoms with Crippen LogP contribution in [0.3, 0.4) is 0 Å². The molecule has 10 heteroatoms. The molecule has 1 N–H and O–H groups in total. The second-order valence-corrected chi connectivity index (χ2v) is 11.6. The summed E-state index contributed by atoms with van der Waals surface area (Å²) in [7, 11) is -3.86. The molecule has 0 radical (unpaired) electrons. The van der Waals surface area contributed by atoms with Gasteiger partial charge in [-0.3, -0.25) is 9.29 Å². The number of unbranched alkanes of at least 4 members (excludes halogenated alkanes) is 2. The Kier molecular flexibility index (Phi) is 7.49. The average Bonchev–Trinajstić information content (AvgIpc) is 3.01. The highest BCUT2D eigenvalue weighted by Gasteiger charge is 2.26. The maximum atomic E-state index is 12.9. The Morgan fingerprint density at radius 1 is 1.13 bits per heavy atom. The predicted molar refractivity (Wildman–Crippen MR) is 126 cm³/mol. The fraction of sp³-hybridized carbons (Fsp3) is 0.400. The van der Waals surface area contributed by atoms with Gasteiger partial charge in [0.05, 0.1) is 9.10 Å². The van der Waals surface area contributed by atoms with Crippen molar-refractivity contribution in [3.63, 3.8) is 0 Å². The summed E-state index contributed by atoms with van der Waals surface area (Å²) in [5.74, 6) is 1.58. The molecule has 30 heavy (non-hydrogen) atoms. The van der Waals surface area contributed by atoms with Crippen LogP contribution in [0.5, 0.6) is 0 Å². The summed E-state index contributed by atoms with van der Waals surface area (Å²) >= 11 is 8.91. The lowest BCUT2D eigenvalue weighted by Gasteiger charge is -2.16. The van der Waals surface area contributed by atoms with Crippen LogP contribution in [-0.2, 0) is 10.0 Å². The van der Waals surface area contributed by atoms with Crippen molar-refractivity contribution in [3.05, 3.63) is 50.9 Å². The Labute approximate surface area is 190 Å². The molecule has 0 unspecified atom stereocenters. The monoisotopic (exact) mass is 485 g/mol. The Hall–Kier alpha value is -1.55. The number of imidazole rings is 1. The summed E-state index contributed by atoms with van der Waals surface area (Å²) in [5.41, 5.74) is 1.76. The molecule has 2 heterocycles. The first kappa shape index (κ1) is 23.1. The van der Waals surface area contributed by atoms with Gasteiger partial charge in [0, 0.05) is 16.5 Å². The van der Waals surface area contributed by atoms with Crippen LogP contribution in [0.4, 0.5) is 5.82 Å². The van der Waals surface area contributed by atoms with Crippen LogP contribution in [0.1, 0.15) is 35.4 Å². The molecule has 0 aromatic heterocycles. The largest absolute Gasteiger partial charge is 0.354 e. The SMILES string of the molecule is Cc1ccc(S(=O)(=O)Nc2nc(=O)n3c(C)c(C)sc(SCCCCCCl)c2-3)cc1. The molecule has 0 amide bonds. The van der Waals surface area contributed by atoms with Gasteiger partial charge in [-0.05, 0) is 51.5 Å². The zero-order chi connectivity index (χ0) is 21.9. The number of nitrogens with one attached hydrogen (secondary N) is 1. The number of halogens is 1. The highest BCUT2D eigenvalue weighted by molar-refractivity contribution is 8.01. The number of sulfonamides is 1. The molecule has 0 saturated heterocycles. The van der Waals surface area contributed by atoms with Gasteiger partial charge in [0.2, 0.25) is 0 Å². The van der Waals surface area contributed by atoms with Gasteiger partial charge < -0.3 is 0 Å². The van der Waals surface area contributed by atoms with E-state index in [2.05, 4.69) is 9.71 Å². The molecule has 0 fully saturated rings. The standard InChI is InChI=1S/C20H24ClN3O3S3/c1-13-7-9-16(10-8-13)30(26,27)23-18-17-19(28-12-6-4-5-11-21)29-15(3)14(2)24(17)20(25)22-18/h7-10H,4-6,11-12H2,1-3H3,(H,22,23,25). The normalized spacial score (nSPS) is 11.9. The summed E-state index contributed by atoms with van der Waals surface area (Å²) < 4.78 is 30.7. The molecule has 0 atom stereocenters. The van der Waals surface area contributed by atoms with Crippen molar-refractivity contribution in [2.75, 3.05) is 16.4 Å². The number of alkyl halides is 1. The van der Waals surface area contributed by atoms with E-state index in [1.807, 2.05) is 20.8 Å². The molecule has 2 aliphatic rings. The van der Waals surface area contributed by atoms with Crippen LogP contribution >= 0.6 is 34.7 Å². The zero-order valence-corrected chi connectivity index (χ0v) is 20.3. The van der Waals surface area contributed by atoms with Crippen molar-refractivity contribution in [2.24, 2.45) is 0 Å². The van der Waals surface area contributed by atoms with Crippen LogP contribution in [0.2, 0.25) is 0 Å². The maximum Gasteiger partial charge on any atom is 0.354 e. The molecule has 0 aliphatic carbocycles. The third kappa shape index (κ3) is 5.01. The van der Waals surface area contributed by atoms with Gasteiger partial charge in [-0.15, -0.1) is 34.7 Å². The molecular weight excluding hydrogens is 462 g/mol. The number of fused-ring (bicyclic) bond motifs is 1. The molecule has 1 aromatic rings. The van der Waals surface area contributed by atoms with Crippen molar-refractivity contribution < 1.29 is 8.42 Å². The second-order valence-electron chi connectivity index (χ2n) is 6.97. The molecule has 162 valence electrons. The molecule has 2 aliphatic heterocycles. The summed E-state index contributed by atoms with van der Waals surface area (Å²) in [6.07, 6.45) is 2.99. The van der Waals surface area contributed by atoms with E-state index in [0.29, 0.717) is 11.6 Å². The van der Waals surface area contributed by atoms with Gasteiger partial charge in [-0.25, -0.2) is 13.2 Å². The van der Waals surface area contributed by atoms with E-state index in [9.17, 15) is 13.2 Å². The molecule has 1 aromatic carbocycles. The van der Waals surface area contributed by atoms with Crippen LogP contribution in [0, 0.1) is 20.8 Å². The Bertz CT molecular complexity index is 1150. The predicted octanol–water partition coefficient (Wildman–Crippen LogP) is 4.96. The van der Waals surface area contributed by atoms with Gasteiger partial charge in [0.1, 0.15) is 5.69 Å². The number of thioether (sulfide) groups is 1. The van der Waals surface area contributed by atoms with Crippen LogP contribution in [-0.4, -0.2) is 29.6 Å². The number of rotatable bonds is 9. The fourth-order valence-electron chi connectivity index (χ4n) is 2.93. The highest BCUT2D eigenvalue weighted by atomic mass is 35.5. The van der Waals surface area contributed by atoms with Gasteiger partial charge in [0.15, 0.2) is 5.82 Å². The lowest BCUT2D eigenvalue weighted by atomic mass is 10.2. The smallest absolute Gasteiger partial charge is 0.261 e. The number of hydrogen-bond donors (Lipinski definition) is 1. The van der Waals surface area contributed by atoms with Crippen LogP contribution in [0.15, 0.2) is 38.2 Å². The minimum atomic E-state index is -3.86. The van der Waals surface area contributed by atoms with Crippen molar-refractivity contribution in [3.8, 4) is 5.69 Å². The first-order valence-electron chi connectivity index (χ1n) is 9.55. The van der Waals surface area contributed by atoms with E-state index >= 15 is 0 Å². The van der Waals surface area contributed by atoms with E-state index in [0.717, 1.165) is 45.4 Å². The van der Waals surface area contributed by atoms with Crippen LogP contribution < -0.4 is 10.4 Å². The van der Waals surface area contributed by atoms with E-state index in [1.165, 1.54) is 4.57 Å². The molecule has 0 saturated carbocycles. The third-order valence-electron chi connectivity index (χ3n) is 4.70. The lowest BCUT2D eigenvalue weighted by molar-refractivity contribution is 0.601. The number of anilines is 1. The zero-order valence-electron chi connectivity index (χ0n) is 17.1. The van der Waals surface area contributed by atoms with E-state index in [1.54, 1.807) is 47.4 Å². The van der Waals surface area contributed by atoms with E-state index < -0.39 is 15.7 Å². The topological polar surface area (TPSA) is 81.1 Å². The number of aromatic nitrogens is 2. The van der Waals surface area contributed by atoms with Crippen molar-refractivity contribution >= 4 is 50.5 Å². The summed E-state index contributed by atoms with van der Waals surface area (Å²) in [5, 5.41) is 0. The molecule has 0 spiro atoms. The van der Waals surface area contributed by atoms with Gasteiger partial charge >= 0.3 is 5.69 Å². The molecular formula is C20H24ClN3O3S3. The molecule has 6 nitrogen and oxygen atoms in total. The van der Waals surface area contributed by atoms with Crippen molar-refractivity contribution in [1.29, 1.82) is 0 Å². The fourth-order valence-corrected chi connectivity index (χ4v) is 6.65. The number of nitrogens with zero attached hydrogens (tertiary/aromatic N) is 2. The Balaban J connectivity index is 1.98. The van der Waals surface area contributed by atoms with Gasteiger partial charge in [-0.2, -0.15) is 4.98 Å². The molecule has 0 bridgehead atoms. The number of benzene rings is 1. The van der Waals surface area contributed by atoms with Crippen molar-refractivity contribution in [2.45, 2.75) is 49.1 Å². The first-order chi connectivity index (χ1) is 14.2. The number of aryl methyl sites for hydroxylation is 2. The van der Waals surface area contributed by atoms with E-state index in [-0.39, 0.29) is 10.7 Å². The Morgan fingerprint density at radius 2 is 1.83 bits per heavy atom.